The van der Waals surface area contributed by atoms with Crippen LogP contribution in [0, 0.1) is 6.92 Å². The molecule has 1 N–H and O–H groups in total. The highest BCUT2D eigenvalue weighted by Gasteiger charge is 2.15. The zero-order valence-electron chi connectivity index (χ0n) is 11.1. The number of rotatable bonds is 4. The highest BCUT2D eigenvalue weighted by molar-refractivity contribution is 7.14. The summed E-state index contributed by atoms with van der Waals surface area (Å²) in [6.07, 6.45) is 1.93. The van der Waals surface area contributed by atoms with E-state index in [4.69, 9.17) is 11.6 Å². The van der Waals surface area contributed by atoms with E-state index in [1.807, 2.05) is 24.0 Å². The average Bonchev–Trinajstić information content (AvgIpc) is 2.87. The summed E-state index contributed by atoms with van der Waals surface area (Å²) < 4.78 is 2.74. The third-order valence-electron chi connectivity index (χ3n) is 3.33. The van der Waals surface area contributed by atoms with Gasteiger partial charge in [0.2, 0.25) is 0 Å². The highest BCUT2D eigenvalue weighted by Crippen LogP contribution is 2.27. The topological polar surface area (TPSA) is 29.9 Å². The van der Waals surface area contributed by atoms with E-state index in [0.29, 0.717) is 0 Å². The molecule has 0 aliphatic rings. The van der Waals surface area contributed by atoms with E-state index in [1.165, 1.54) is 16.8 Å². The predicted molar refractivity (Wildman–Crippen MR) is 77.2 cm³/mol. The molecule has 2 rings (SSSR count). The molecule has 18 heavy (non-hydrogen) atoms. The molecule has 0 spiro atoms. The summed E-state index contributed by atoms with van der Waals surface area (Å²) in [4.78, 5) is 0. The minimum atomic E-state index is 0.271. The zero-order valence-corrected chi connectivity index (χ0v) is 12.6. The number of nitrogens with one attached hydrogen (secondary N) is 1. The lowest BCUT2D eigenvalue weighted by molar-refractivity contribution is 0.493. The van der Waals surface area contributed by atoms with Crippen LogP contribution in [-0.2, 0) is 7.05 Å². The van der Waals surface area contributed by atoms with E-state index in [1.54, 1.807) is 11.3 Å². The zero-order chi connectivity index (χ0) is 13.3. The van der Waals surface area contributed by atoms with E-state index in [2.05, 4.69) is 36.6 Å². The fraction of sp³-hybridized carbons (Fsp3) is 0.462. The number of aryl methyl sites for hydroxylation is 1. The van der Waals surface area contributed by atoms with E-state index in [-0.39, 0.29) is 12.1 Å². The molecule has 0 bridgehead atoms. The number of thiophene rings is 1. The van der Waals surface area contributed by atoms with Crippen molar-refractivity contribution in [1.82, 2.24) is 15.1 Å². The first-order valence-electron chi connectivity index (χ1n) is 5.97. The van der Waals surface area contributed by atoms with Crippen LogP contribution in [0.15, 0.2) is 17.6 Å². The molecule has 2 heterocycles. The van der Waals surface area contributed by atoms with Crippen molar-refractivity contribution >= 4 is 22.9 Å². The molecule has 3 nitrogen and oxygen atoms in total. The Bertz CT molecular complexity index is 532. The molecule has 0 aliphatic carbocycles. The molecular weight excluding hydrogens is 266 g/mol. The van der Waals surface area contributed by atoms with Gasteiger partial charge in [-0.25, -0.2) is 0 Å². The molecule has 2 aromatic heterocycles. The van der Waals surface area contributed by atoms with E-state index in [9.17, 15) is 0 Å². The van der Waals surface area contributed by atoms with Crippen LogP contribution in [0.1, 0.15) is 42.8 Å². The van der Waals surface area contributed by atoms with Crippen LogP contribution in [0.2, 0.25) is 4.34 Å². The Morgan fingerprint density at radius 3 is 2.61 bits per heavy atom. The fourth-order valence-corrected chi connectivity index (χ4v) is 3.04. The lowest BCUT2D eigenvalue weighted by atomic mass is 10.1. The van der Waals surface area contributed by atoms with Gasteiger partial charge in [-0.2, -0.15) is 5.10 Å². The summed E-state index contributed by atoms with van der Waals surface area (Å²) in [5, 5.41) is 9.95. The fourth-order valence-electron chi connectivity index (χ4n) is 2.05. The number of hydrogen-bond acceptors (Lipinski definition) is 3. The molecule has 0 fully saturated rings. The smallest absolute Gasteiger partial charge is 0.0931 e. The molecule has 0 saturated heterocycles. The van der Waals surface area contributed by atoms with Gasteiger partial charge in [-0.05, 0) is 37.8 Å². The summed E-state index contributed by atoms with van der Waals surface area (Å²) in [5.41, 5.74) is 3.68. The van der Waals surface area contributed by atoms with Gasteiger partial charge in [0.1, 0.15) is 0 Å². The maximum atomic E-state index is 5.96. The van der Waals surface area contributed by atoms with Crippen molar-refractivity contribution in [3.63, 3.8) is 0 Å². The van der Waals surface area contributed by atoms with Crippen LogP contribution >= 0.6 is 22.9 Å². The normalized spacial score (nSPS) is 14.7. The molecule has 2 aromatic rings. The Kier molecular flexibility index (Phi) is 4.10. The lowest BCUT2D eigenvalue weighted by Gasteiger charge is -2.19. The second kappa shape index (κ2) is 5.43. The number of nitrogens with zero attached hydrogens (tertiary/aromatic N) is 2. The molecule has 0 amide bonds. The molecule has 5 heteroatoms. The number of hydrogen-bond donors (Lipinski definition) is 1. The first kappa shape index (κ1) is 13.6. The van der Waals surface area contributed by atoms with E-state index < -0.39 is 0 Å². The first-order chi connectivity index (χ1) is 8.49. The molecule has 2 unspecified atom stereocenters. The van der Waals surface area contributed by atoms with Crippen molar-refractivity contribution in [1.29, 1.82) is 0 Å². The van der Waals surface area contributed by atoms with Gasteiger partial charge in [-0.1, -0.05) is 11.6 Å². The van der Waals surface area contributed by atoms with Crippen LogP contribution in [-0.4, -0.2) is 9.78 Å². The van der Waals surface area contributed by atoms with E-state index >= 15 is 0 Å². The van der Waals surface area contributed by atoms with Crippen molar-refractivity contribution in [3.05, 3.63) is 38.8 Å². The van der Waals surface area contributed by atoms with Gasteiger partial charge in [0.05, 0.1) is 10.5 Å². The lowest BCUT2D eigenvalue weighted by Crippen LogP contribution is -2.22. The largest absolute Gasteiger partial charge is 0.303 e. The molecule has 0 aliphatic heterocycles. The van der Waals surface area contributed by atoms with Gasteiger partial charge >= 0.3 is 0 Å². The maximum Gasteiger partial charge on any atom is 0.0931 e. The Balaban J connectivity index is 2.07. The van der Waals surface area contributed by atoms with Crippen LogP contribution in [0.5, 0.6) is 0 Å². The molecule has 0 saturated carbocycles. The van der Waals surface area contributed by atoms with Gasteiger partial charge in [0.25, 0.3) is 0 Å². The van der Waals surface area contributed by atoms with E-state index in [0.717, 1.165) is 4.34 Å². The molecule has 2 atom stereocenters. The second-order valence-electron chi connectivity index (χ2n) is 4.60. The molecular formula is C13H18ClN3S. The Labute approximate surface area is 117 Å². The van der Waals surface area contributed by atoms with Gasteiger partial charge in [-0.15, -0.1) is 11.3 Å². The van der Waals surface area contributed by atoms with Crippen LogP contribution in [0.25, 0.3) is 0 Å². The maximum absolute atomic E-state index is 5.96. The van der Waals surface area contributed by atoms with Gasteiger partial charge in [0, 0.05) is 30.4 Å². The quantitative estimate of drug-likeness (QED) is 0.923. The Morgan fingerprint density at radius 1 is 1.39 bits per heavy atom. The predicted octanol–water partition coefficient (Wildman–Crippen LogP) is 3.86. The summed E-state index contributed by atoms with van der Waals surface area (Å²) in [5.74, 6) is 0. The summed E-state index contributed by atoms with van der Waals surface area (Å²) >= 11 is 7.54. The molecule has 0 aromatic carbocycles. The van der Waals surface area contributed by atoms with Crippen molar-refractivity contribution in [2.75, 3.05) is 0 Å². The van der Waals surface area contributed by atoms with Crippen molar-refractivity contribution in [2.45, 2.75) is 32.9 Å². The van der Waals surface area contributed by atoms with Crippen molar-refractivity contribution in [3.8, 4) is 0 Å². The SMILES string of the molecule is Cc1c(C(C)NC(C)c2csc(Cl)c2)cnn1C. The Morgan fingerprint density at radius 2 is 2.11 bits per heavy atom. The first-order valence-corrected chi connectivity index (χ1v) is 7.23. The highest BCUT2D eigenvalue weighted by atomic mass is 35.5. The minimum absolute atomic E-state index is 0.271. The molecule has 98 valence electrons. The van der Waals surface area contributed by atoms with Crippen molar-refractivity contribution < 1.29 is 0 Å². The third kappa shape index (κ3) is 2.76. The Hall–Kier alpha value is -0.840. The molecule has 0 radical (unpaired) electrons. The van der Waals surface area contributed by atoms with Gasteiger partial charge in [-0.3, -0.25) is 4.68 Å². The third-order valence-corrected chi connectivity index (χ3v) is 4.44. The monoisotopic (exact) mass is 283 g/mol. The van der Waals surface area contributed by atoms with Crippen LogP contribution < -0.4 is 5.32 Å². The number of halogens is 1. The van der Waals surface area contributed by atoms with Gasteiger partial charge in [0.15, 0.2) is 0 Å². The van der Waals surface area contributed by atoms with Gasteiger partial charge < -0.3 is 5.32 Å². The minimum Gasteiger partial charge on any atom is -0.303 e. The van der Waals surface area contributed by atoms with Crippen LogP contribution in [0.3, 0.4) is 0 Å². The average molecular weight is 284 g/mol. The number of aromatic nitrogens is 2. The summed E-state index contributed by atoms with van der Waals surface area (Å²) in [6.45, 7) is 6.40. The van der Waals surface area contributed by atoms with Crippen LogP contribution in [0.4, 0.5) is 0 Å². The summed E-state index contributed by atoms with van der Waals surface area (Å²) in [6, 6.07) is 2.57. The van der Waals surface area contributed by atoms with Crippen molar-refractivity contribution in [2.24, 2.45) is 7.05 Å². The summed E-state index contributed by atoms with van der Waals surface area (Å²) in [7, 11) is 1.97. The standard InChI is InChI=1S/C13H18ClN3S/c1-8(11-5-13(14)18-7-11)16-9(2)12-6-15-17(4)10(12)3/h5-9,16H,1-4H3. The second-order valence-corrected chi connectivity index (χ2v) is 6.15.